The van der Waals surface area contributed by atoms with Gasteiger partial charge in [-0.05, 0) is 61.3 Å². The van der Waals surface area contributed by atoms with E-state index in [2.05, 4.69) is 5.32 Å². The van der Waals surface area contributed by atoms with Crippen LogP contribution < -0.4 is 10.1 Å². The number of methoxy groups -OCH3 is 1. The van der Waals surface area contributed by atoms with Crippen molar-refractivity contribution in [1.82, 2.24) is 5.32 Å². The average molecular weight is 273 g/mol. The van der Waals surface area contributed by atoms with Gasteiger partial charge in [-0.15, -0.1) is 0 Å². The number of hydrogen-bond acceptors (Lipinski definition) is 2. The van der Waals surface area contributed by atoms with Gasteiger partial charge in [0.25, 0.3) is 0 Å². The first-order valence-corrected chi connectivity index (χ1v) is 6.64. The first kappa shape index (κ1) is 14.5. The molecule has 2 rings (SSSR count). The molecule has 0 aliphatic heterocycles. The molecule has 2 aromatic rings. The van der Waals surface area contributed by atoms with Crippen LogP contribution in [0.3, 0.4) is 0 Å². The van der Waals surface area contributed by atoms with Crippen LogP contribution >= 0.6 is 0 Å². The summed E-state index contributed by atoms with van der Waals surface area (Å²) in [5, 5.41) is 3.24. The van der Waals surface area contributed by atoms with Crippen molar-refractivity contribution in [2.75, 3.05) is 14.2 Å². The Kier molecular flexibility index (Phi) is 4.40. The van der Waals surface area contributed by atoms with E-state index in [0.717, 1.165) is 28.0 Å². The first-order chi connectivity index (χ1) is 9.55. The Hall–Kier alpha value is -1.87. The molecule has 1 atom stereocenters. The number of ether oxygens (including phenoxy) is 1. The van der Waals surface area contributed by atoms with E-state index in [1.807, 2.05) is 45.2 Å². The Balaban J connectivity index is 2.46. The molecule has 0 aliphatic carbocycles. The summed E-state index contributed by atoms with van der Waals surface area (Å²) in [6.07, 6.45) is 0. The zero-order valence-electron chi connectivity index (χ0n) is 12.3. The Morgan fingerprint density at radius 3 is 2.40 bits per heavy atom. The maximum Gasteiger partial charge on any atom is 0.123 e. The van der Waals surface area contributed by atoms with Gasteiger partial charge in [0.2, 0.25) is 0 Å². The molecule has 0 radical (unpaired) electrons. The molecule has 2 nitrogen and oxygen atoms in total. The summed E-state index contributed by atoms with van der Waals surface area (Å²) in [5.41, 5.74) is 3.97. The summed E-state index contributed by atoms with van der Waals surface area (Å²) in [5.74, 6) is 0.634. The lowest BCUT2D eigenvalue weighted by Crippen LogP contribution is -2.18. The fourth-order valence-electron chi connectivity index (χ4n) is 2.47. The highest BCUT2D eigenvalue weighted by Crippen LogP contribution is 2.28. The normalized spacial score (nSPS) is 12.2. The second-order valence-corrected chi connectivity index (χ2v) is 5.01. The standard InChI is InChI=1S/C17H20FNO/c1-11-7-14(9-15(18)8-11)17(19-3)13-6-5-12(2)16(10-13)20-4/h5-10,17,19H,1-4H3. The molecule has 2 aromatic carbocycles. The van der Waals surface area contributed by atoms with Crippen LogP contribution in [0.15, 0.2) is 36.4 Å². The largest absolute Gasteiger partial charge is 0.496 e. The quantitative estimate of drug-likeness (QED) is 0.915. The fourth-order valence-corrected chi connectivity index (χ4v) is 2.47. The molecule has 1 N–H and O–H groups in total. The number of rotatable bonds is 4. The lowest BCUT2D eigenvalue weighted by Gasteiger charge is -2.19. The Bertz CT molecular complexity index is 590. The third kappa shape index (κ3) is 2.99. The minimum atomic E-state index is -0.209. The van der Waals surface area contributed by atoms with Gasteiger partial charge in [-0.3, -0.25) is 0 Å². The van der Waals surface area contributed by atoms with Crippen molar-refractivity contribution >= 4 is 0 Å². The highest BCUT2D eigenvalue weighted by atomic mass is 19.1. The smallest absolute Gasteiger partial charge is 0.123 e. The van der Waals surface area contributed by atoms with Crippen molar-refractivity contribution in [3.63, 3.8) is 0 Å². The molecule has 20 heavy (non-hydrogen) atoms. The van der Waals surface area contributed by atoms with Gasteiger partial charge in [-0.2, -0.15) is 0 Å². The van der Waals surface area contributed by atoms with Crippen molar-refractivity contribution in [3.8, 4) is 5.75 Å². The van der Waals surface area contributed by atoms with Gasteiger partial charge in [-0.1, -0.05) is 18.2 Å². The molecule has 0 saturated carbocycles. The van der Waals surface area contributed by atoms with E-state index in [1.54, 1.807) is 13.2 Å². The molecule has 0 aromatic heterocycles. The molecule has 0 fully saturated rings. The summed E-state index contributed by atoms with van der Waals surface area (Å²) in [6.45, 7) is 3.90. The Labute approximate surface area is 119 Å². The number of halogens is 1. The van der Waals surface area contributed by atoms with Crippen molar-refractivity contribution in [2.24, 2.45) is 0 Å². The third-order valence-corrected chi connectivity index (χ3v) is 3.45. The highest BCUT2D eigenvalue weighted by Gasteiger charge is 2.14. The fraction of sp³-hybridized carbons (Fsp3) is 0.294. The van der Waals surface area contributed by atoms with Gasteiger partial charge in [0, 0.05) is 0 Å². The molecular weight excluding hydrogens is 253 g/mol. The summed E-state index contributed by atoms with van der Waals surface area (Å²) in [6, 6.07) is 11.1. The van der Waals surface area contributed by atoms with E-state index in [0.29, 0.717) is 0 Å². The van der Waals surface area contributed by atoms with Crippen LogP contribution in [0.5, 0.6) is 5.75 Å². The Morgan fingerprint density at radius 2 is 1.80 bits per heavy atom. The van der Waals surface area contributed by atoms with E-state index >= 15 is 0 Å². The van der Waals surface area contributed by atoms with Gasteiger partial charge in [0.15, 0.2) is 0 Å². The van der Waals surface area contributed by atoms with Crippen LogP contribution in [0.1, 0.15) is 28.3 Å². The SMILES string of the molecule is CNC(c1cc(C)cc(F)c1)c1ccc(C)c(OC)c1. The van der Waals surface area contributed by atoms with Crippen molar-refractivity contribution in [2.45, 2.75) is 19.9 Å². The second kappa shape index (κ2) is 6.06. The summed E-state index contributed by atoms with van der Waals surface area (Å²) in [7, 11) is 3.53. The minimum Gasteiger partial charge on any atom is -0.496 e. The number of hydrogen-bond donors (Lipinski definition) is 1. The van der Waals surface area contributed by atoms with Crippen LogP contribution in [0.25, 0.3) is 0 Å². The minimum absolute atomic E-state index is 0.0566. The van der Waals surface area contributed by atoms with Crippen LogP contribution in [-0.2, 0) is 0 Å². The van der Waals surface area contributed by atoms with Gasteiger partial charge in [-0.25, -0.2) is 4.39 Å². The molecule has 0 saturated heterocycles. The van der Waals surface area contributed by atoms with E-state index < -0.39 is 0 Å². The lowest BCUT2D eigenvalue weighted by molar-refractivity contribution is 0.410. The van der Waals surface area contributed by atoms with E-state index in [9.17, 15) is 4.39 Å². The predicted molar refractivity (Wildman–Crippen MR) is 79.8 cm³/mol. The topological polar surface area (TPSA) is 21.3 Å². The predicted octanol–water partition coefficient (Wildman–Crippen LogP) is 3.76. The van der Waals surface area contributed by atoms with E-state index in [4.69, 9.17) is 4.74 Å². The van der Waals surface area contributed by atoms with Gasteiger partial charge in [0.1, 0.15) is 11.6 Å². The summed E-state index contributed by atoms with van der Waals surface area (Å²) >= 11 is 0. The van der Waals surface area contributed by atoms with Crippen molar-refractivity contribution < 1.29 is 9.13 Å². The van der Waals surface area contributed by atoms with Crippen LogP contribution in [0, 0.1) is 19.7 Å². The zero-order valence-corrected chi connectivity index (χ0v) is 12.3. The molecule has 0 heterocycles. The maximum absolute atomic E-state index is 13.6. The zero-order chi connectivity index (χ0) is 14.7. The van der Waals surface area contributed by atoms with Gasteiger partial charge in [0.05, 0.1) is 13.2 Å². The third-order valence-electron chi connectivity index (χ3n) is 3.45. The molecule has 0 amide bonds. The van der Waals surface area contributed by atoms with Crippen LogP contribution in [0.4, 0.5) is 4.39 Å². The average Bonchev–Trinajstić information content (AvgIpc) is 2.40. The van der Waals surface area contributed by atoms with Gasteiger partial charge < -0.3 is 10.1 Å². The molecule has 0 aliphatic rings. The van der Waals surface area contributed by atoms with E-state index in [1.165, 1.54) is 6.07 Å². The maximum atomic E-state index is 13.6. The van der Waals surface area contributed by atoms with E-state index in [-0.39, 0.29) is 11.9 Å². The molecule has 1 unspecified atom stereocenters. The van der Waals surface area contributed by atoms with Gasteiger partial charge >= 0.3 is 0 Å². The summed E-state index contributed by atoms with van der Waals surface area (Å²) < 4.78 is 19.0. The lowest BCUT2D eigenvalue weighted by atomic mass is 9.96. The molecular formula is C17H20FNO. The number of nitrogens with one attached hydrogen (secondary N) is 1. The summed E-state index contributed by atoms with van der Waals surface area (Å²) in [4.78, 5) is 0. The monoisotopic (exact) mass is 273 g/mol. The van der Waals surface area contributed by atoms with Crippen LogP contribution in [-0.4, -0.2) is 14.2 Å². The highest BCUT2D eigenvalue weighted by molar-refractivity contribution is 5.42. The van der Waals surface area contributed by atoms with Crippen molar-refractivity contribution in [3.05, 3.63) is 64.5 Å². The van der Waals surface area contributed by atoms with Crippen LogP contribution in [0.2, 0.25) is 0 Å². The molecule has 3 heteroatoms. The second-order valence-electron chi connectivity index (χ2n) is 5.01. The number of aryl methyl sites for hydroxylation is 2. The number of benzene rings is 2. The molecule has 106 valence electrons. The first-order valence-electron chi connectivity index (χ1n) is 6.64. The van der Waals surface area contributed by atoms with Crippen molar-refractivity contribution in [1.29, 1.82) is 0 Å². The Morgan fingerprint density at radius 1 is 1.05 bits per heavy atom. The molecule has 0 bridgehead atoms. The molecule has 0 spiro atoms.